The standard InChI is InChI=1S/C13H6ClFINOS/c14-9-2-1-3-10(15)12(9)8(5-17)13(18)7-4-11(16)19-6-7/h1-4,6,8H. The molecule has 2 aromatic rings. The fourth-order valence-corrected chi connectivity index (χ4v) is 3.25. The number of thiophene rings is 1. The van der Waals surface area contributed by atoms with E-state index >= 15 is 0 Å². The van der Waals surface area contributed by atoms with Gasteiger partial charge in [0.05, 0.1) is 8.95 Å². The molecule has 1 aromatic heterocycles. The first-order valence-electron chi connectivity index (χ1n) is 5.16. The molecule has 1 aromatic carbocycles. The van der Waals surface area contributed by atoms with Crippen molar-refractivity contribution in [2.45, 2.75) is 5.92 Å². The molecule has 0 fully saturated rings. The molecule has 1 unspecified atom stereocenters. The summed E-state index contributed by atoms with van der Waals surface area (Å²) in [5, 5.41) is 10.9. The Labute approximate surface area is 132 Å². The first-order chi connectivity index (χ1) is 9.04. The molecule has 0 saturated heterocycles. The Balaban J connectivity index is 2.47. The Morgan fingerprint density at radius 1 is 1.53 bits per heavy atom. The smallest absolute Gasteiger partial charge is 0.185 e. The molecular weight excluding hydrogens is 400 g/mol. The van der Waals surface area contributed by atoms with Crippen LogP contribution in [0.2, 0.25) is 5.02 Å². The van der Waals surface area contributed by atoms with E-state index in [1.807, 2.05) is 6.07 Å². The first kappa shape index (κ1) is 14.4. The van der Waals surface area contributed by atoms with Crippen molar-refractivity contribution in [1.82, 2.24) is 0 Å². The third kappa shape index (κ3) is 2.96. The van der Waals surface area contributed by atoms with E-state index in [9.17, 15) is 14.4 Å². The van der Waals surface area contributed by atoms with Gasteiger partial charge < -0.3 is 0 Å². The van der Waals surface area contributed by atoms with Crippen molar-refractivity contribution in [3.05, 3.63) is 54.5 Å². The van der Waals surface area contributed by atoms with Gasteiger partial charge in [0.1, 0.15) is 11.7 Å². The molecule has 19 heavy (non-hydrogen) atoms. The van der Waals surface area contributed by atoms with Crippen LogP contribution in [0.5, 0.6) is 0 Å². The lowest BCUT2D eigenvalue weighted by molar-refractivity contribution is 0.0978. The highest BCUT2D eigenvalue weighted by Gasteiger charge is 2.27. The van der Waals surface area contributed by atoms with E-state index in [1.54, 1.807) is 11.4 Å². The average Bonchev–Trinajstić information content (AvgIpc) is 2.80. The summed E-state index contributed by atoms with van der Waals surface area (Å²) in [4.78, 5) is 12.2. The van der Waals surface area contributed by atoms with Gasteiger partial charge in [-0.2, -0.15) is 5.26 Å². The number of carbonyl (C=O) groups is 1. The van der Waals surface area contributed by atoms with Gasteiger partial charge in [-0.05, 0) is 40.8 Å². The lowest BCUT2D eigenvalue weighted by Gasteiger charge is -2.10. The summed E-state index contributed by atoms with van der Waals surface area (Å²) in [5.41, 5.74) is 0.346. The normalized spacial score (nSPS) is 11.9. The minimum atomic E-state index is -1.22. The van der Waals surface area contributed by atoms with Gasteiger partial charge >= 0.3 is 0 Å². The molecule has 2 rings (SSSR count). The molecule has 0 bridgehead atoms. The Bertz CT molecular complexity index is 659. The van der Waals surface area contributed by atoms with E-state index < -0.39 is 17.5 Å². The van der Waals surface area contributed by atoms with E-state index in [4.69, 9.17) is 11.6 Å². The molecule has 0 aliphatic carbocycles. The van der Waals surface area contributed by atoms with E-state index in [-0.39, 0.29) is 10.6 Å². The molecule has 1 heterocycles. The van der Waals surface area contributed by atoms with Gasteiger partial charge in [-0.1, -0.05) is 17.7 Å². The highest BCUT2D eigenvalue weighted by atomic mass is 127. The first-order valence-corrected chi connectivity index (χ1v) is 7.50. The number of hydrogen-bond acceptors (Lipinski definition) is 3. The molecule has 0 aliphatic rings. The van der Waals surface area contributed by atoms with Crippen LogP contribution in [-0.4, -0.2) is 5.78 Å². The molecule has 0 spiro atoms. The number of nitrogens with zero attached hydrogens (tertiary/aromatic N) is 1. The van der Waals surface area contributed by atoms with Crippen LogP contribution in [0, 0.1) is 20.0 Å². The van der Waals surface area contributed by atoms with Crippen LogP contribution in [0.3, 0.4) is 0 Å². The predicted octanol–water partition coefficient (Wildman–Crippen LogP) is 4.64. The number of benzene rings is 1. The summed E-state index contributed by atoms with van der Waals surface area (Å²) >= 11 is 9.37. The number of ketones is 1. The molecule has 0 amide bonds. The second-order valence-corrected chi connectivity index (χ2v) is 6.91. The molecule has 0 aliphatic heterocycles. The van der Waals surface area contributed by atoms with Crippen molar-refractivity contribution < 1.29 is 9.18 Å². The van der Waals surface area contributed by atoms with E-state index in [0.29, 0.717) is 5.56 Å². The van der Waals surface area contributed by atoms with Crippen molar-refractivity contribution in [3.63, 3.8) is 0 Å². The summed E-state index contributed by atoms with van der Waals surface area (Å²) < 4.78 is 14.7. The SMILES string of the molecule is N#CC(C(=O)c1csc(I)c1)c1c(F)cccc1Cl. The second-order valence-electron chi connectivity index (χ2n) is 3.70. The zero-order chi connectivity index (χ0) is 14.0. The summed E-state index contributed by atoms with van der Waals surface area (Å²) in [6, 6.07) is 7.60. The molecule has 0 radical (unpaired) electrons. The molecule has 2 nitrogen and oxygen atoms in total. The van der Waals surface area contributed by atoms with E-state index in [2.05, 4.69) is 22.6 Å². The quantitative estimate of drug-likeness (QED) is 0.551. The van der Waals surface area contributed by atoms with Gasteiger partial charge in [-0.15, -0.1) is 11.3 Å². The van der Waals surface area contributed by atoms with Gasteiger partial charge in [-0.3, -0.25) is 4.79 Å². The van der Waals surface area contributed by atoms with Crippen molar-refractivity contribution in [3.8, 4) is 6.07 Å². The monoisotopic (exact) mass is 405 g/mol. The van der Waals surface area contributed by atoms with Crippen molar-refractivity contribution in [1.29, 1.82) is 5.26 Å². The Kier molecular flexibility index (Phi) is 4.55. The van der Waals surface area contributed by atoms with E-state index in [0.717, 1.165) is 2.88 Å². The maximum Gasteiger partial charge on any atom is 0.185 e. The number of hydrogen-bond donors (Lipinski definition) is 0. The van der Waals surface area contributed by atoms with Gasteiger partial charge in [0.15, 0.2) is 5.78 Å². The highest BCUT2D eigenvalue weighted by Crippen LogP contribution is 2.31. The Hall–Kier alpha value is -0.970. The number of rotatable bonds is 3. The predicted molar refractivity (Wildman–Crippen MR) is 81.1 cm³/mol. The van der Waals surface area contributed by atoms with Gasteiger partial charge in [0.2, 0.25) is 0 Å². The molecular formula is C13H6ClFINOS. The van der Waals surface area contributed by atoms with Crippen LogP contribution in [-0.2, 0) is 0 Å². The fraction of sp³-hybridized carbons (Fsp3) is 0.0769. The molecule has 1 atom stereocenters. The van der Waals surface area contributed by atoms with Crippen LogP contribution in [0.4, 0.5) is 4.39 Å². The van der Waals surface area contributed by atoms with Gasteiger partial charge in [-0.25, -0.2) is 4.39 Å². The molecule has 6 heteroatoms. The minimum absolute atomic E-state index is 0.0575. The zero-order valence-corrected chi connectivity index (χ0v) is 13.1. The third-order valence-electron chi connectivity index (χ3n) is 2.53. The van der Waals surface area contributed by atoms with Crippen LogP contribution < -0.4 is 0 Å². The lowest BCUT2D eigenvalue weighted by atomic mass is 9.92. The third-order valence-corrected chi connectivity index (χ3v) is 4.65. The maximum atomic E-state index is 13.8. The second kappa shape index (κ2) is 5.99. The molecule has 0 N–H and O–H groups in total. The number of carbonyl (C=O) groups excluding carboxylic acids is 1. The summed E-state index contributed by atoms with van der Waals surface area (Å²) in [6.07, 6.45) is 0. The van der Waals surface area contributed by atoms with E-state index in [1.165, 1.54) is 29.5 Å². The summed E-state index contributed by atoms with van der Waals surface area (Å²) in [7, 11) is 0. The highest BCUT2D eigenvalue weighted by molar-refractivity contribution is 14.1. The topological polar surface area (TPSA) is 40.9 Å². The molecule has 0 saturated carbocycles. The summed E-state index contributed by atoms with van der Waals surface area (Å²) in [5.74, 6) is -2.30. The Morgan fingerprint density at radius 3 is 2.79 bits per heavy atom. The Morgan fingerprint density at radius 2 is 2.26 bits per heavy atom. The fourth-order valence-electron chi connectivity index (χ4n) is 1.65. The lowest BCUT2D eigenvalue weighted by Crippen LogP contribution is -2.12. The van der Waals surface area contributed by atoms with Crippen molar-refractivity contribution in [2.24, 2.45) is 0 Å². The van der Waals surface area contributed by atoms with Crippen LogP contribution in [0.25, 0.3) is 0 Å². The summed E-state index contributed by atoms with van der Waals surface area (Å²) in [6.45, 7) is 0. The van der Waals surface area contributed by atoms with Crippen LogP contribution >= 0.6 is 45.5 Å². The number of Topliss-reactive ketones (excluding diaryl/α,β-unsaturated/α-hetero) is 1. The minimum Gasteiger partial charge on any atom is -0.292 e. The molecule has 96 valence electrons. The maximum absolute atomic E-state index is 13.8. The number of nitriles is 1. The van der Waals surface area contributed by atoms with Crippen molar-refractivity contribution in [2.75, 3.05) is 0 Å². The largest absolute Gasteiger partial charge is 0.292 e. The zero-order valence-electron chi connectivity index (χ0n) is 9.36. The number of halogens is 3. The van der Waals surface area contributed by atoms with Gasteiger partial charge in [0.25, 0.3) is 0 Å². The van der Waals surface area contributed by atoms with Crippen molar-refractivity contribution >= 4 is 51.3 Å². The average molecular weight is 406 g/mol. The van der Waals surface area contributed by atoms with Crippen LogP contribution in [0.15, 0.2) is 29.6 Å². The van der Waals surface area contributed by atoms with Crippen LogP contribution in [0.1, 0.15) is 21.8 Å². The van der Waals surface area contributed by atoms with Gasteiger partial charge in [0, 0.05) is 21.5 Å².